The second-order valence-corrected chi connectivity index (χ2v) is 4.90. The molecule has 0 atom stereocenters. The third-order valence-electron chi connectivity index (χ3n) is 2.26. The molecule has 0 unspecified atom stereocenters. The quantitative estimate of drug-likeness (QED) is 0.847. The summed E-state index contributed by atoms with van der Waals surface area (Å²) < 4.78 is 26.7. The molecule has 19 heavy (non-hydrogen) atoms. The van der Waals surface area contributed by atoms with E-state index >= 15 is 0 Å². The second-order valence-electron chi connectivity index (χ2n) is 3.83. The van der Waals surface area contributed by atoms with Crippen LogP contribution in [-0.4, -0.2) is 16.5 Å². The van der Waals surface area contributed by atoms with Gasteiger partial charge in [0.05, 0.1) is 6.20 Å². The van der Waals surface area contributed by atoms with Crippen LogP contribution in [0.2, 0.25) is 0 Å². The van der Waals surface area contributed by atoms with E-state index in [4.69, 9.17) is 0 Å². The molecule has 1 aromatic carbocycles. The zero-order valence-electron chi connectivity index (χ0n) is 10.4. The summed E-state index contributed by atoms with van der Waals surface area (Å²) in [6.45, 7) is 2.73. The van der Waals surface area contributed by atoms with E-state index in [-0.39, 0.29) is 10.8 Å². The Morgan fingerprint density at radius 3 is 2.89 bits per heavy atom. The highest BCUT2D eigenvalue weighted by atomic mass is 32.2. The zero-order valence-corrected chi connectivity index (χ0v) is 11.2. The topological polar surface area (TPSA) is 37.8 Å². The standard InChI is InChI=1S/C13H13F2N3S/c1-2-6-16-13-17-8-11(15)12(18-13)19-10-5-3-4-9(14)7-10/h3-5,7-8H,2,6H2,1H3,(H,16,17,18). The van der Waals surface area contributed by atoms with E-state index in [0.717, 1.165) is 30.9 Å². The Morgan fingerprint density at radius 1 is 1.32 bits per heavy atom. The maximum absolute atomic E-state index is 13.6. The van der Waals surface area contributed by atoms with Gasteiger partial charge in [-0.3, -0.25) is 0 Å². The fourth-order valence-corrected chi connectivity index (χ4v) is 2.21. The molecule has 0 aliphatic rings. The first kappa shape index (κ1) is 13.7. The van der Waals surface area contributed by atoms with Gasteiger partial charge in [-0.05, 0) is 24.6 Å². The van der Waals surface area contributed by atoms with Crippen molar-refractivity contribution in [3.63, 3.8) is 0 Å². The molecule has 1 aromatic heterocycles. The molecule has 0 saturated carbocycles. The molecule has 1 heterocycles. The minimum absolute atomic E-state index is 0.180. The molecule has 0 radical (unpaired) electrons. The third-order valence-corrected chi connectivity index (χ3v) is 3.22. The van der Waals surface area contributed by atoms with Crippen LogP contribution in [0.25, 0.3) is 0 Å². The molecule has 3 nitrogen and oxygen atoms in total. The van der Waals surface area contributed by atoms with Gasteiger partial charge in [0.25, 0.3) is 0 Å². The Kier molecular flexibility index (Phi) is 4.68. The van der Waals surface area contributed by atoms with Crippen molar-refractivity contribution in [1.29, 1.82) is 0 Å². The largest absolute Gasteiger partial charge is 0.354 e. The summed E-state index contributed by atoms with van der Waals surface area (Å²) in [6.07, 6.45) is 2.04. The van der Waals surface area contributed by atoms with Crippen molar-refractivity contribution in [3.8, 4) is 0 Å². The highest BCUT2D eigenvalue weighted by Gasteiger charge is 2.09. The van der Waals surface area contributed by atoms with E-state index in [1.165, 1.54) is 12.1 Å². The van der Waals surface area contributed by atoms with Gasteiger partial charge >= 0.3 is 0 Å². The van der Waals surface area contributed by atoms with Gasteiger partial charge in [0.15, 0.2) is 5.82 Å². The maximum Gasteiger partial charge on any atom is 0.223 e. The van der Waals surface area contributed by atoms with Crippen LogP contribution in [0.1, 0.15) is 13.3 Å². The van der Waals surface area contributed by atoms with Gasteiger partial charge in [-0.15, -0.1) is 0 Å². The van der Waals surface area contributed by atoms with E-state index in [1.807, 2.05) is 6.92 Å². The number of halogens is 2. The zero-order chi connectivity index (χ0) is 13.7. The van der Waals surface area contributed by atoms with Crippen molar-refractivity contribution in [2.75, 3.05) is 11.9 Å². The average molecular weight is 281 g/mol. The van der Waals surface area contributed by atoms with Crippen molar-refractivity contribution in [1.82, 2.24) is 9.97 Å². The van der Waals surface area contributed by atoms with Gasteiger partial charge in [-0.25, -0.2) is 18.7 Å². The number of anilines is 1. The van der Waals surface area contributed by atoms with Crippen LogP contribution < -0.4 is 5.32 Å². The predicted octanol–water partition coefficient (Wildman–Crippen LogP) is 3.73. The van der Waals surface area contributed by atoms with Crippen molar-refractivity contribution < 1.29 is 8.78 Å². The monoisotopic (exact) mass is 281 g/mol. The number of hydrogen-bond acceptors (Lipinski definition) is 4. The lowest BCUT2D eigenvalue weighted by Crippen LogP contribution is -2.05. The fraction of sp³-hybridized carbons (Fsp3) is 0.231. The molecule has 2 aromatic rings. The van der Waals surface area contributed by atoms with E-state index < -0.39 is 5.82 Å². The second kappa shape index (κ2) is 6.47. The Morgan fingerprint density at radius 2 is 2.16 bits per heavy atom. The Bertz CT molecular complexity index is 563. The first-order chi connectivity index (χ1) is 9.19. The van der Waals surface area contributed by atoms with Crippen LogP contribution in [0.15, 0.2) is 40.4 Å². The number of hydrogen-bond donors (Lipinski definition) is 1. The van der Waals surface area contributed by atoms with Gasteiger partial charge in [0, 0.05) is 11.4 Å². The van der Waals surface area contributed by atoms with Crippen molar-refractivity contribution >= 4 is 17.7 Å². The summed E-state index contributed by atoms with van der Waals surface area (Å²) >= 11 is 1.07. The first-order valence-corrected chi connectivity index (χ1v) is 6.70. The van der Waals surface area contributed by atoms with Crippen LogP contribution in [0.5, 0.6) is 0 Å². The molecular formula is C13H13F2N3S. The molecule has 0 aliphatic carbocycles. The summed E-state index contributed by atoms with van der Waals surface area (Å²) in [5, 5.41) is 3.16. The summed E-state index contributed by atoms with van der Waals surface area (Å²) in [7, 11) is 0. The average Bonchev–Trinajstić information content (AvgIpc) is 2.40. The summed E-state index contributed by atoms with van der Waals surface area (Å²) in [5.41, 5.74) is 0. The summed E-state index contributed by atoms with van der Waals surface area (Å²) in [5.74, 6) is -0.498. The molecule has 100 valence electrons. The van der Waals surface area contributed by atoms with Crippen LogP contribution >= 0.6 is 11.8 Å². The normalized spacial score (nSPS) is 10.5. The highest BCUT2D eigenvalue weighted by molar-refractivity contribution is 7.99. The van der Waals surface area contributed by atoms with Crippen LogP contribution in [0.3, 0.4) is 0 Å². The number of nitrogens with one attached hydrogen (secondary N) is 1. The lowest BCUT2D eigenvalue weighted by Gasteiger charge is -2.06. The lowest BCUT2D eigenvalue weighted by atomic mass is 10.4. The number of aromatic nitrogens is 2. The van der Waals surface area contributed by atoms with Gasteiger partial charge in [-0.1, -0.05) is 24.8 Å². The summed E-state index contributed by atoms with van der Waals surface area (Å²) in [6, 6.07) is 5.96. The van der Waals surface area contributed by atoms with Gasteiger partial charge < -0.3 is 5.32 Å². The van der Waals surface area contributed by atoms with Crippen molar-refractivity contribution in [2.45, 2.75) is 23.3 Å². The molecule has 0 amide bonds. The molecule has 0 fully saturated rings. The van der Waals surface area contributed by atoms with Crippen LogP contribution in [0.4, 0.5) is 14.7 Å². The van der Waals surface area contributed by atoms with Crippen LogP contribution in [0, 0.1) is 11.6 Å². The Hall–Kier alpha value is -1.69. The van der Waals surface area contributed by atoms with Crippen molar-refractivity contribution in [2.24, 2.45) is 0 Å². The molecule has 6 heteroatoms. The van der Waals surface area contributed by atoms with Crippen LogP contribution in [-0.2, 0) is 0 Å². The third kappa shape index (κ3) is 3.89. The molecule has 0 saturated heterocycles. The maximum atomic E-state index is 13.6. The molecule has 0 aliphatic heterocycles. The number of nitrogens with zero attached hydrogens (tertiary/aromatic N) is 2. The molecule has 0 spiro atoms. The minimum atomic E-state index is -0.517. The molecule has 1 N–H and O–H groups in total. The van der Waals surface area contributed by atoms with E-state index in [0.29, 0.717) is 10.8 Å². The first-order valence-electron chi connectivity index (χ1n) is 5.89. The van der Waals surface area contributed by atoms with Gasteiger partial charge in [0.1, 0.15) is 10.8 Å². The Balaban J connectivity index is 2.19. The van der Waals surface area contributed by atoms with Gasteiger partial charge in [-0.2, -0.15) is 0 Å². The Labute approximate surface area is 114 Å². The summed E-state index contributed by atoms with van der Waals surface area (Å²) in [4.78, 5) is 8.53. The lowest BCUT2D eigenvalue weighted by molar-refractivity contribution is 0.579. The van der Waals surface area contributed by atoms with E-state index in [9.17, 15) is 8.78 Å². The molecular weight excluding hydrogens is 268 g/mol. The van der Waals surface area contributed by atoms with Gasteiger partial charge in [0.2, 0.25) is 5.95 Å². The smallest absolute Gasteiger partial charge is 0.223 e. The van der Waals surface area contributed by atoms with Crippen molar-refractivity contribution in [3.05, 3.63) is 42.1 Å². The predicted molar refractivity (Wildman–Crippen MR) is 71.3 cm³/mol. The minimum Gasteiger partial charge on any atom is -0.354 e. The van der Waals surface area contributed by atoms with E-state index in [2.05, 4.69) is 15.3 Å². The SMILES string of the molecule is CCCNc1ncc(F)c(Sc2cccc(F)c2)n1. The fourth-order valence-electron chi connectivity index (χ4n) is 1.39. The number of benzene rings is 1. The molecule has 0 bridgehead atoms. The number of rotatable bonds is 5. The van der Waals surface area contributed by atoms with E-state index in [1.54, 1.807) is 12.1 Å². The molecule has 2 rings (SSSR count). The highest BCUT2D eigenvalue weighted by Crippen LogP contribution is 2.28.